The largest absolute Gasteiger partial charge is 0.508 e. The highest BCUT2D eigenvalue weighted by molar-refractivity contribution is 6.07. The van der Waals surface area contributed by atoms with Gasteiger partial charge in [-0.25, -0.2) is 0 Å². The van der Waals surface area contributed by atoms with Gasteiger partial charge in [-0.3, -0.25) is 4.79 Å². The van der Waals surface area contributed by atoms with E-state index in [1.54, 1.807) is 0 Å². The van der Waals surface area contributed by atoms with E-state index >= 15 is 0 Å². The van der Waals surface area contributed by atoms with Crippen molar-refractivity contribution in [2.75, 3.05) is 6.61 Å². The molecule has 164 valence electrons. The number of rotatable bonds is 6. The summed E-state index contributed by atoms with van der Waals surface area (Å²) in [5.74, 6) is -1.56. The van der Waals surface area contributed by atoms with Crippen LogP contribution in [0, 0.1) is 5.92 Å². The van der Waals surface area contributed by atoms with Crippen LogP contribution in [-0.4, -0.2) is 32.8 Å². The van der Waals surface area contributed by atoms with E-state index in [2.05, 4.69) is 13.0 Å². The number of hydrogen-bond donors (Lipinski definition) is 4. The summed E-state index contributed by atoms with van der Waals surface area (Å²) >= 11 is 0. The number of phenols is 4. The van der Waals surface area contributed by atoms with E-state index in [9.17, 15) is 25.2 Å². The highest BCUT2D eigenvalue weighted by Crippen LogP contribution is 2.45. The normalized spacial score (nSPS) is 16.6. The summed E-state index contributed by atoms with van der Waals surface area (Å²) in [6, 6.07) is 5.33. The minimum absolute atomic E-state index is 0.0113. The molecule has 0 amide bonds. The van der Waals surface area contributed by atoms with Crippen LogP contribution < -0.4 is 4.74 Å². The molecule has 0 saturated carbocycles. The highest BCUT2D eigenvalue weighted by atomic mass is 16.5. The van der Waals surface area contributed by atoms with Crippen LogP contribution in [0.1, 0.15) is 54.6 Å². The van der Waals surface area contributed by atoms with Crippen molar-refractivity contribution in [3.63, 3.8) is 0 Å². The van der Waals surface area contributed by atoms with E-state index in [1.807, 2.05) is 26.0 Å². The fourth-order valence-electron chi connectivity index (χ4n) is 3.86. The Labute approximate surface area is 181 Å². The zero-order valence-electron chi connectivity index (χ0n) is 17.9. The number of carbonyl (C=O) groups is 1. The zero-order chi connectivity index (χ0) is 22.7. The average molecular weight is 424 g/mol. The lowest BCUT2D eigenvalue weighted by atomic mass is 9.86. The maximum absolute atomic E-state index is 13.1. The standard InChI is InChI=1S/C25H28O6/c1-14(2)10-15(3)6-4-5-7-18-21(28)12-22-23(24(18)29)25(30)19(13-31-22)17-9-8-16(26)11-20(17)27/h4-5,8-12,15,19,26-29H,6-7,13H2,1-3H3. The van der Waals surface area contributed by atoms with Gasteiger partial charge in [0.25, 0.3) is 0 Å². The van der Waals surface area contributed by atoms with Crippen molar-refractivity contribution in [2.45, 2.75) is 39.5 Å². The number of aromatic hydroxyl groups is 4. The summed E-state index contributed by atoms with van der Waals surface area (Å²) in [7, 11) is 0. The van der Waals surface area contributed by atoms with Gasteiger partial charge in [0.2, 0.25) is 0 Å². The molecule has 1 heterocycles. The Morgan fingerprint density at radius 3 is 2.55 bits per heavy atom. The average Bonchev–Trinajstić information content (AvgIpc) is 2.67. The molecule has 0 aromatic heterocycles. The molecule has 0 fully saturated rings. The number of allylic oxidation sites excluding steroid dienone is 4. The molecule has 4 N–H and O–H groups in total. The van der Waals surface area contributed by atoms with Crippen molar-refractivity contribution in [1.82, 2.24) is 0 Å². The maximum atomic E-state index is 13.1. The molecule has 3 rings (SSSR count). The first-order valence-electron chi connectivity index (χ1n) is 10.3. The van der Waals surface area contributed by atoms with Crippen molar-refractivity contribution >= 4 is 5.78 Å². The molecule has 0 bridgehead atoms. The molecule has 2 aromatic carbocycles. The second kappa shape index (κ2) is 9.16. The van der Waals surface area contributed by atoms with Crippen LogP contribution in [-0.2, 0) is 6.42 Å². The number of fused-ring (bicyclic) bond motifs is 1. The monoisotopic (exact) mass is 424 g/mol. The van der Waals surface area contributed by atoms with Gasteiger partial charge in [0, 0.05) is 23.3 Å². The summed E-state index contributed by atoms with van der Waals surface area (Å²) in [5, 5.41) is 40.8. The molecule has 6 heteroatoms. The second-order valence-electron chi connectivity index (χ2n) is 8.20. The van der Waals surface area contributed by atoms with Gasteiger partial charge in [0.15, 0.2) is 5.78 Å². The molecule has 0 spiro atoms. The van der Waals surface area contributed by atoms with E-state index in [-0.39, 0.29) is 52.9 Å². The number of phenolic OH excluding ortho intramolecular Hbond substituents is 4. The Balaban J connectivity index is 1.86. The molecular weight excluding hydrogens is 396 g/mol. The first-order chi connectivity index (χ1) is 14.7. The van der Waals surface area contributed by atoms with Gasteiger partial charge in [0.05, 0.1) is 5.92 Å². The lowest BCUT2D eigenvalue weighted by Gasteiger charge is -2.26. The molecule has 6 nitrogen and oxygen atoms in total. The first kappa shape index (κ1) is 22.3. The Bertz CT molecular complexity index is 1050. The Hall–Kier alpha value is -3.41. The van der Waals surface area contributed by atoms with E-state index in [1.165, 1.54) is 23.8 Å². The summed E-state index contributed by atoms with van der Waals surface area (Å²) in [6.07, 6.45) is 7.09. The molecule has 2 unspecified atom stereocenters. The van der Waals surface area contributed by atoms with Crippen molar-refractivity contribution in [3.8, 4) is 28.7 Å². The predicted octanol–water partition coefficient (Wildman–Crippen LogP) is 4.96. The number of ketones is 1. The summed E-state index contributed by atoms with van der Waals surface area (Å²) in [4.78, 5) is 13.1. The van der Waals surface area contributed by atoms with Gasteiger partial charge in [-0.05, 0) is 38.7 Å². The van der Waals surface area contributed by atoms with Crippen molar-refractivity contribution in [2.24, 2.45) is 5.92 Å². The Morgan fingerprint density at radius 1 is 1.13 bits per heavy atom. The van der Waals surface area contributed by atoms with Crippen LogP contribution in [0.4, 0.5) is 0 Å². The molecule has 2 atom stereocenters. The minimum Gasteiger partial charge on any atom is -0.508 e. The number of hydrogen-bond acceptors (Lipinski definition) is 6. The molecule has 1 aliphatic rings. The highest BCUT2D eigenvalue weighted by Gasteiger charge is 2.35. The van der Waals surface area contributed by atoms with Crippen molar-refractivity contribution < 1.29 is 30.0 Å². The van der Waals surface area contributed by atoms with E-state index in [0.29, 0.717) is 11.5 Å². The van der Waals surface area contributed by atoms with Gasteiger partial charge in [-0.2, -0.15) is 0 Å². The third kappa shape index (κ3) is 4.85. The number of benzene rings is 2. The molecule has 31 heavy (non-hydrogen) atoms. The van der Waals surface area contributed by atoms with Crippen LogP contribution in [0.2, 0.25) is 0 Å². The fourth-order valence-corrected chi connectivity index (χ4v) is 3.86. The molecule has 2 aromatic rings. The van der Waals surface area contributed by atoms with Crippen LogP contribution in [0.3, 0.4) is 0 Å². The van der Waals surface area contributed by atoms with Gasteiger partial charge in [-0.15, -0.1) is 0 Å². The Kier molecular flexibility index (Phi) is 6.59. The van der Waals surface area contributed by atoms with Gasteiger partial charge >= 0.3 is 0 Å². The lowest BCUT2D eigenvalue weighted by molar-refractivity contribution is 0.0889. The smallest absolute Gasteiger partial charge is 0.181 e. The molecule has 1 aliphatic heterocycles. The van der Waals surface area contributed by atoms with Gasteiger partial charge in [-0.1, -0.05) is 36.8 Å². The SMILES string of the molecule is CC(C)=CC(C)CC=CCc1c(O)cc2c(c1O)C(=O)C(c1ccc(O)cc1O)CO2. The summed E-state index contributed by atoms with van der Waals surface area (Å²) in [5.41, 5.74) is 1.79. The molecular formula is C25H28O6. The van der Waals surface area contributed by atoms with E-state index < -0.39 is 11.7 Å². The van der Waals surface area contributed by atoms with Gasteiger partial charge < -0.3 is 25.2 Å². The summed E-state index contributed by atoms with van der Waals surface area (Å²) in [6.45, 7) is 6.16. The third-order valence-electron chi connectivity index (χ3n) is 5.32. The van der Waals surface area contributed by atoms with Crippen LogP contribution in [0.25, 0.3) is 0 Å². The van der Waals surface area contributed by atoms with E-state index in [4.69, 9.17) is 4.74 Å². The fraction of sp³-hybridized carbons (Fsp3) is 0.320. The topological polar surface area (TPSA) is 107 Å². The minimum atomic E-state index is -0.836. The van der Waals surface area contributed by atoms with E-state index in [0.717, 1.165) is 12.5 Å². The molecule has 0 aliphatic carbocycles. The lowest BCUT2D eigenvalue weighted by Crippen LogP contribution is -2.26. The maximum Gasteiger partial charge on any atom is 0.181 e. The third-order valence-corrected chi connectivity index (χ3v) is 5.32. The Morgan fingerprint density at radius 2 is 1.87 bits per heavy atom. The second-order valence-corrected chi connectivity index (χ2v) is 8.20. The number of Topliss-reactive ketones (excluding diaryl/α,β-unsaturated/α-hetero) is 1. The first-order valence-corrected chi connectivity index (χ1v) is 10.3. The van der Waals surface area contributed by atoms with Crippen LogP contribution in [0.5, 0.6) is 28.7 Å². The number of ether oxygens (including phenoxy) is 1. The molecule has 0 radical (unpaired) electrons. The summed E-state index contributed by atoms with van der Waals surface area (Å²) < 4.78 is 5.62. The zero-order valence-corrected chi connectivity index (χ0v) is 17.9. The number of carbonyl (C=O) groups excluding carboxylic acids is 1. The van der Waals surface area contributed by atoms with Crippen molar-refractivity contribution in [1.29, 1.82) is 0 Å². The molecule has 0 saturated heterocycles. The quantitative estimate of drug-likeness (QED) is 0.488. The van der Waals surface area contributed by atoms with Gasteiger partial charge in [0.1, 0.15) is 40.9 Å². The van der Waals surface area contributed by atoms with Crippen molar-refractivity contribution in [3.05, 3.63) is 64.8 Å². The predicted molar refractivity (Wildman–Crippen MR) is 118 cm³/mol. The van der Waals surface area contributed by atoms with Crippen LogP contribution in [0.15, 0.2) is 48.1 Å². The van der Waals surface area contributed by atoms with Crippen LogP contribution >= 0.6 is 0 Å².